The first-order valence-electron chi connectivity index (χ1n) is 14.0. The summed E-state index contributed by atoms with van der Waals surface area (Å²) in [6.07, 6.45) is -1.50. The molecule has 0 spiro atoms. The minimum absolute atomic E-state index is 0.0475. The predicted molar refractivity (Wildman–Crippen MR) is 150 cm³/mol. The van der Waals surface area contributed by atoms with Gasteiger partial charge in [0, 0.05) is 55.6 Å². The van der Waals surface area contributed by atoms with Crippen LogP contribution in [0.5, 0.6) is 0 Å². The van der Waals surface area contributed by atoms with Gasteiger partial charge in [-0.15, -0.1) is 0 Å². The Morgan fingerprint density at radius 3 is 2.60 bits per heavy atom. The summed E-state index contributed by atoms with van der Waals surface area (Å²) in [5, 5.41) is 10.7. The molecule has 13 heteroatoms. The maximum atomic E-state index is 13.6. The summed E-state index contributed by atoms with van der Waals surface area (Å²) in [5.74, 6) is -1.85. The zero-order valence-electron chi connectivity index (χ0n) is 22.7. The standard InChI is InChI=1S/C29H30ClF3N6O3/c30-23-11-17-5-6-18(27(41)38(16-29(31,32)33)15-22(17)21-13-34-36-26(21)23)12-25(40)37-9-7-20(8-10-37)39-14-19-3-1-2-4-24(19)35-28(39)42/h1-4,11,13,18,20H,5-10,12,14-16H2,(H,34,36)(H,35,42)/t18-/m0/s1. The number of carbonyl (C=O) groups excluding carboxylic acids is 3. The van der Waals surface area contributed by atoms with Gasteiger partial charge in [-0.3, -0.25) is 14.7 Å². The van der Waals surface area contributed by atoms with Crippen LogP contribution in [-0.4, -0.2) is 74.6 Å². The Bertz CT molecular complexity index is 1530. The number of alkyl halides is 3. The van der Waals surface area contributed by atoms with E-state index in [1.807, 2.05) is 24.3 Å². The van der Waals surface area contributed by atoms with Gasteiger partial charge in [0.15, 0.2) is 0 Å². The average molecular weight is 603 g/mol. The number of urea groups is 1. The summed E-state index contributed by atoms with van der Waals surface area (Å²) >= 11 is 6.40. The van der Waals surface area contributed by atoms with E-state index in [0.717, 1.165) is 21.7 Å². The van der Waals surface area contributed by atoms with Crippen LogP contribution in [0.4, 0.5) is 23.7 Å². The second-order valence-corrected chi connectivity index (χ2v) is 11.6. The van der Waals surface area contributed by atoms with E-state index in [2.05, 4.69) is 15.5 Å². The van der Waals surface area contributed by atoms with Crippen LogP contribution in [0.25, 0.3) is 10.9 Å². The number of anilines is 1. The number of carbonyl (C=O) groups is 3. The number of hydrogen-bond acceptors (Lipinski definition) is 4. The number of fused-ring (bicyclic) bond motifs is 4. The van der Waals surface area contributed by atoms with E-state index in [0.29, 0.717) is 60.4 Å². The summed E-state index contributed by atoms with van der Waals surface area (Å²) in [6.45, 7) is -0.372. The molecule has 1 aromatic heterocycles. The van der Waals surface area contributed by atoms with Crippen molar-refractivity contribution in [1.82, 2.24) is 24.9 Å². The Balaban J connectivity index is 1.14. The van der Waals surface area contributed by atoms with Crippen LogP contribution in [0.1, 0.15) is 42.4 Å². The van der Waals surface area contributed by atoms with E-state index in [1.54, 1.807) is 15.9 Å². The van der Waals surface area contributed by atoms with Crippen molar-refractivity contribution in [3.63, 3.8) is 0 Å². The van der Waals surface area contributed by atoms with Crippen LogP contribution < -0.4 is 5.32 Å². The third kappa shape index (κ3) is 5.64. The highest BCUT2D eigenvalue weighted by Gasteiger charge is 2.39. The quantitative estimate of drug-likeness (QED) is 0.434. The van der Waals surface area contributed by atoms with Crippen molar-refractivity contribution >= 4 is 46.0 Å². The fourth-order valence-corrected chi connectivity index (χ4v) is 6.67. The molecule has 0 saturated carbocycles. The molecular weight excluding hydrogens is 573 g/mol. The number of benzene rings is 2. The SMILES string of the molecule is O=C(C[C@@H]1CCc2cc(Cl)c3[nH]ncc3c2CN(CC(F)(F)F)C1=O)N1CCC(N2Cc3ccccc3NC2=O)CC1. The first-order valence-corrected chi connectivity index (χ1v) is 14.4. The first kappa shape index (κ1) is 28.3. The van der Waals surface area contributed by atoms with E-state index in [-0.39, 0.29) is 37.4 Å². The summed E-state index contributed by atoms with van der Waals surface area (Å²) in [4.78, 5) is 43.8. The van der Waals surface area contributed by atoms with Crippen molar-refractivity contribution in [3.8, 4) is 0 Å². The Kier molecular flexibility index (Phi) is 7.50. The molecule has 3 aliphatic heterocycles. The fraction of sp³-hybridized carbons (Fsp3) is 0.448. The van der Waals surface area contributed by atoms with Crippen molar-refractivity contribution in [3.05, 3.63) is 58.2 Å². The minimum atomic E-state index is -4.60. The lowest BCUT2D eigenvalue weighted by molar-refractivity contribution is -0.166. The van der Waals surface area contributed by atoms with Crippen LogP contribution in [0.3, 0.4) is 0 Å². The zero-order chi connectivity index (χ0) is 29.6. The topological polar surface area (TPSA) is 102 Å². The monoisotopic (exact) mass is 602 g/mol. The molecule has 0 unspecified atom stereocenters. The number of amides is 4. The Morgan fingerprint density at radius 1 is 1.07 bits per heavy atom. The molecule has 0 radical (unpaired) electrons. The minimum Gasteiger partial charge on any atom is -0.343 e. The van der Waals surface area contributed by atoms with Crippen molar-refractivity contribution in [2.45, 2.75) is 57.4 Å². The van der Waals surface area contributed by atoms with E-state index in [4.69, 9.17) is 11.6 Å². The van der Waals surface area contributed by atoms with Crippen molar-refractivity contribution in [2.24, 2.45) is 5.92 Å². The number of hydrogen-bond donors (Lipinski definition) is 2. The van der Waals surface area contributed by atoms with Gasteiger partial charge in [-0.25, -0.2) is 4.79 Å². The molecule has 1 atom stereocenters. The lowest BCUT2D eigenvalue weighted by Crippen LogP contribution is -2.51. The largest absolute Gasteiger partial charge is 0.406 e. The maximum Gasteiger partial charge on any atom is 0.406 e. The first-order chi connectivity index (χ1) is 20.1. The van der Waals surface area contributed by atoms with Gasteiger partial charge in [0.05, 0.1) is 16.7 Å². The van der Waals surface area contributed by atoms with Gasteiger partial charge >= 0.3 is 12.2 Å². The molecule has 3 aromatic rings. The molecule has 4 heterocycles. The molecule has 3 aliphatic rings. The number of para-hydroxylation sites is 1. The molecule has 222 valence electrons. The van der Waals surface area contributed by atoms with Gasteiger partial charge in [-0.1, -0.05) is 29.8 Å². The molecule has 2 aromatic carbocycles. The molecule has 0 bridgehead atoms. The number of piperidine rings is 1. The number of halogens is 4. The Morgan fingerprint density at radius 2 is 1.83 bits per heavy atom. The lowest BCUT2D eigenvalue weighted by Gasteiger charge is -2.41. The second kappa shape index (κ2) is 11.1. The van der Waals surface area contributed by atoms with Gasteiger partial charge in [-0.05, 0) is 54.5 Å². The van der Waals surface area contributed by atoms with Gasteiger partial charge < -0.3 is 20.0 Å². The highest BCUT2D eigenvalue weighted by molar-refractivity contribution is 6.35. The van der Waals surface area contributed by atoms with Crippen LogP contribution in [0.15, 0.2) is 36.5 Å². The molecule has 9 nitrogen and oxygen atoms in total. The van der Waals surface area contributed by atoms with E-state index in [9.17, 15) is 27.6 Å². The summed E-state index contributed by atoms with van der Waals surface area (Å²) in [6, 6.07) is 9.12. The number of aromatic nitrogens is 2. The number of aryl methyl sites for hydroxylation is 1. The number of H-pyrrole nitrogens is 1. The summed E-state index contributed by atoms with van der Waals surface area (Å²) in [5.41, 5.74) is 3.66. The number of aromatic amines is 1. The normalized spacial score (nSPS) is 20.2. The fourth-order valence-electron chi connectivity index (χ4n) is 6.40. The van der Waals surface area contributed by atoms with Gasteiger partial charge in [0.25, 0.3) is 0 Å². The second-order valence-electron chi connectivity index (χ2n) is 11.2. The van der Waals surface area contributed by atoms with Crippen LogP contribution >= 0.6 is 11.6 Å². The van der Waals surface area contributed by atoms with Crippen LogP contribution in [0.2, 0.25) is 5.02 Å². The van der Waals surface area contributed by atoms with E-state index in [1.165, 1.54) is 6.20 Å². The molecule has 42 heavy (non-hydrogen) atoms. The van der Waals surface area contributed by atoms with Crippen molar-refractivity contribution < 1.29 is 27.6 Å². The van der Waals surface area contributed by atoms with Crippen LogP contribution in [-0.2, 0) is 29.1 Å². The molecule has 1 fully saturated rings. The third-order valence-corrected chi connectivity index (χ3v) is 8.87. The Labute approximate surface area is 245 Å². The smallest absolute Gasteiger partial charge is 0.343 e. The average Bonchev–Trinajstić information content (AvgIpc) is 3.45. The molecule has 1 saturated heterocycles. The third-order valence-electron chi connectivity index (χ3n) is 8.57. The summed E-state index contributed by atoms with van der Waals surface area (Å²) in [7, 11) is 0. The number of nitrogens with one attached hydrogen (secondary N) is 2. The molecule has 6 rings (SSSR count). The van der Waals surface area contributed by atoms with Gasteiger partial charge in [0.1, 0.15) is 6.54 Å². The zero-order valence-corrected chi connectivity index (χ0v) is 23.5. The number of likely N-dealkylation sites (tertiary alicyclic amines) is 1. The predicted octanol–water partition coefficient (Wildman–Crippen LogP) is 5.10. The van der Waals surface area contributed by atoms with Crippen molar-refractivity contribution in [1.29, 1.82) is 0 Å². The van der Waals surface area contributed by atoms with E-state index >= 15 is 0 Å². The van der Waals surface area contributed by atoms with E-state index < -0.39 is 24.5 Å². The molecule has 4 amide bonds. The molecule has 2 N–H and O–H groups in total. The highest BCUT2D eigenvalue weighted by Crippen LogP contribution is 2.35. The number of nitrogens with zero attached hydrogens (tertiary/aromatic N) is 4. The highest BCUT2D eigenvalue weighted by atomic mass is 35.5. The van der Waals surface area contributed by atoms with Crippen molar-refractivity contribution in [2.75, 3.05) is 25.0 Å². The number of rotatable bonds is 4. The molecule has 0 aliphatic carbocycles. The van der Waals surface area contributed by atoms with Gasteiger partial charge in [0.2, 0.25) is 11.8 Å². The van der Waals surface area contributed by atoms with Crippen LogP contribution in [0, 0.1) is 5.92 Å². The maximum absolute atomic E-state index is 13.6. The molecular formula is C29H30ClF3N6O3. The van der Waals surface area contributed by atoms with Gasteiger partial charge in [-0.2, -0.15) is 18.3 Å². The lowest BCUT2D eigenvalue weighted by atomic mass is 9.88. The Hall–Kier alpha value is -3.80. The summed E-state index contributed by atoms with van der Waals surface area (Å²) < 4.78 is 40.7.